The third kappa shape index (κ3) is 6.31. The second-order valence-electron chi connectivity index (χ2n) is 5.96. The minimum absolute atomic E-state index is 0.0156. The van der Waals surface area contributed by atoms with E-state index < -0.39 is 24.0 Å². The van der Waals surface area contributed by atoms with E-state index in [-0.39, 0.29) is 18.6 Å². The molecule has 0 unspecified atom stereocenters. The van der Waals surface area contributed by atoms with Crippen molar-refractivity contribution in [3.05, 3.63) is 57.8 Å². The minimum atomic E-state index is -1.28. The van der Waals surface area contributed by atoms with E-state index in [2.05, 4.69) is 10.6 Å². The van der Waals surface area contributed by atoms with Gasteiger partial charge in [-0.1, -0.05) is 30.3 Å². The summed E-state index contributed by atoms with van der Waals surface area (Å²) in [4.78, 5) is 50.0. The molecule has 0 radical (unpaired) electrons. The Morgan fingerprint density at radius 3 is 2.36 bits per heavy atom. The molecule has 0 bridgehead atoms. The fraction of sp³-hybridized carbons (Fsp3) is 0.300. The van der Waals surface area contributed by atoms with Crippen molar-refractivity contribution in [3.8, 4) is 0 Å². The fourth-order valence-electron chi connectivity index (χ4n) is 2.40. The van der Waals surface area contributed by atoms with Crippen LogP contribution in [0.25, 0.3) is 0 Å². The lowest BCUT2D eigenvalue weighted by atomic mass is 10.1. The maximum absolute atomic E-state index is 12.4. The molecule has 0 aliphatic heterocycles. The predicted molar refractivity (Wildman–Crippen MR) is 105 cm³/mol. The average molecular weight is 402 g/mol. The highest BCUT2D eigenvalue weighted by atomic mass is 32.1. The lowest BCUT2D eigenvalue weighted by Gasteiger charge is -2.17. The summed E-state index contributed by atoms with van der Waals surface area (Å²) in [6.07, 6.45) is -1.46. The molecule has 2 N–H and O–H groups in total. The Labute approximate surface area is 167 Å². The number of aryl methyl sites for hydroxylation is 1. The van der Waals surface area contributed by atoms with Crippen LogP contribution in [0.4, 0.5) is 4.79 Å². The molecule has 0 saturated carbocycles. The van der Waals surface area contributed by atoms with Gasteiger partial charge in [-0.05, 0) is 26.0 Å². The van der Waals surface area contributed by atoms with Gasteiger partial charge in [0.15, 0.2) is 5.78 Å². The van der Waals surface area contributed by atoms with Crippen LogP contribution < -0.4 is 10.6 Å². The minimum Gasteiger partial charge on any atom is -0.447 e. The Kier molecular flexibility index (Phi) is 7.88. The number of rotatable bonds is 8. The molecule has 0 spiro atoms. The molecule has 28 heavy (non-hydrogen) atoms. The summed E-state index contributed by atoms with van der Waals surface area (Å²) < 4.78 is 5.29. The molecule has 1 atom stereocenters. The maximum atomic E-state index is 12.4. The summed E-state index contributed by atoms with van der Waals surface area (Å²) in [5.41, 5.74) is 0.429. The predicted octanol–water partition coefficient (Wildman–Crippen LogP) is 3.15. The number of benzene rings is 1. The van der Waals surface area contributed by atoms with Crippen molar-refractivity contribution < 1.29 is 23.9 Å². The molecule has 7 nitrogen and oxygen atoms in total. The quantitative estimate of drug-likeness (QED) is 0.522. The van der Waals surface area contributed by atoms with Gasteiger partial charge in [-0.25, -0.2) is 4.79 Å². The number of Topliss-reactive ketones (excluding diaryl/α,β-unsaturated/α-hetero) is 1. The Bertz CT molecular complexity index is 847. The smallest absolute Gasteiger partial charge is 0.321 e. The number of nitrogens with one attached hydrogen (secondary N) is 2. The molecular weight excluding hydrogens is 380 g/mol. The van der Waals surface area contributed by atoms with Crippen molar-refractivity contribution >= 4 is 35.0 Å². The number of imide groups is 1. The first kappa shape index (κ1) is 21.3. The Balaban J connectivity index is 2.00. The van der Waals surface area contributed by atoms with E-state index >= 15 is 0 Å². The second kappa shape index (κ2) is 10.4. The standard InChI is InChI=1S/C20H22N2O5S/c1-3-21-20(26)22-19(25)18(14-7-5-4-6-8-14)27-17(24)12-10-15(23)16-11-9-13(2)28-16/h4-9,11,18H,3,10,12H2,1-2H3,(H2,21,22,25,26)/t18-/m0/s1. The van der Waals surface area contributed by atoms with Gasteiger partial charge in [0, 0.05) is 23.4 Å². The van der Waals surface area contributed by atoms with Crippen LogP contribution in [-0.2, 0) is 14.3 Å². The molecule has 0 fully saturated rings. The molecule has 8 heteroatoms. The topological polar surface area (TPSA) is 102 Å². The van der Waals surface area contributed by atoms with E-state index in [0.29, 0.717) is 17.0 Å². The van der Waals surface area contributed by atoms with E-state index in [4.69, 9.17) is 4.74 Å². The van der Waals surface area contributed by atoms with E-state index in [9.17, 15) is 19.2 Å². The van der Waals surface area contributed by atoms with Crippen LogP contribution >= 0.6 is 11.3 Å². The number of amides is 3. The highest BCUT2D eigenvalue weighted by Crippen LogP contribution is 2.20. The summed E-state index contributed by atoms with van der Waals surface area (Å²) in [6.45, 7) is 3.96. The van der Waals surface area contributed by atoms with Crippen LogP contribution in [-0.4, -0.2) is 30.2 Å². The van der Waals surface area contributed by atoms with Crippen molar-refractivity contribution in [2.45, 2.75) is 32.8 Å². The highest BCUT2D eigenvalue weighted by Gasteiger charge is 2.26. The Morgan fingerprint density at radius 1 is 1.04 bits per heavy atom. The van der Waals surface area contributed by atoms with Crippen molar-refractivity contribution in [2.24, 2.45) is 0 Å². The van der Waals surface area contributed by atoms with Gasteiger partial charge in [-0.2, -0.15) is 0 Å². The fourth-order valence-corrected chi connectivity index (χ4v) is 3.23. The highest BCUT2D eigenvalue weighted by molar-refractivity contribution is 7.14. The van der Waals surface area contributed by atoms with Crippen LogP contribution in [0.15, 0.2) is 42.5 Å². The zero-order chi connectivity index (χ0) is 20.5. The van der Waals surface area contributed by atoms with E-state index in [1.165, 1.54) is 11.3 Å². The Hall–Kier alpha value is -3.00. The van der Waals surface area contributed by atoms with E-state index in [1.807, 2.05) is 13.0 Å². The number of ether oxygens (including phenoxy) is 1. The number of hydrogen-bond acceptors (Lipinski definition) is 6. The Morgan fingerprint density at radius 2 is 1.75 bits per heavy atom. The van der Waals surface area contributed by atoms with Crippen LogP contribution in [0, 0.1) is 6.92 Å². The number of carbonyl (C=O) groups is 4. The SMILES string of the molecule is CCNC(=O)NC(=O)[C@@H](OC(=O)CCC(=O)c1ccc(C)s1)c1ccccc1. The second-order valence-corrected chi connectivity index (χ2v) is 7.25. The molecule has 0 saturated heterocycles. The van der Waals surface area contributed by atoms with Gasteiger partial charge in [0.1, 0.15) is 0 Å². The largest absolute Gasteiger partial charge is 0.447 e. The van der Waals surface area contributed by atoms with Gasteiger partial charge >= 0.3 is 12.0 Å². The zero-order valence-corrected chi connectivity index (χ0v) is 16.5. The summed E-state index contributed by atoms with van der Waals surface area (Å²) in [5.74, 6) is -1.61. The van der Waals surface area contributed by atoms with Gasteiger partial charge in [-0.3, -0.25) is 19.7 Å². The number of urea groups is 1. The third-order valence-corrected chi connectivity index (χ3v) is 4.78. The lowest BCUT2D eigenvalue weighted by molar-refractivity contribution is -0.156. The third-order valence-electron chi connectivity index (χ3n) is 3.74. The van der Waals surface area contributed by atoms with Crippen molar-refractivity contribution in [1.29, 1.82) is 0 Å². The van der Waals surface area contributed by atoms with Gasteiger partial charge in [0.2, 0.25) is 6.10 Å². The number of ketones is 1. The molecule has 1 aromatic carbocycles. The molecule has 1 heterocycles. The van der Waals surface area contributed by atoms with E-state index in [0.717, 1.165) is 4.88 Å². The lowest BCUT2D eigenvalue weighted by Crippen LogP contribution is -2.42. The number of thiophene rings is 1. The first-order valence-corrected chi connectivity index (χ1v) is 9.65. The summed E-state index contributed by atoms with van der Waals surface area (Å²) in [6, 6.07) is 11.3. The first-order chi connectivity index (χ1) is 13.4. The summed E-state index contributed by atoms with van der Waals surface area (Å²) in [7, 11) is 0. The molecule has 2 aromatic rings. The molecule has 2 rings (SSSR count). The molecule has 3 amide bonds. The van der Waals surface area contributed by atoms with Gasteiger partial charge in [0.05, 0.1) is 11.3 Å². The number of hydrogen-bond donors (Lipinski definition) is 2. The van der Waals surface area contributed by atoms with E-state index in [1.54, 1.807) is 43.3 Å². The van der Waals surface area contributed by atoms with Crippen molar-refractivity contribution in [2.75, 3.05) is 6.54 Å². The van der Waals surface area contributed by atoms with Gasteiger partial charge in [0.25, 0.3) is 5.91 Å². The van der Waals surface area contributed by atoms with Crippen molar-refractivity contribution in [1.82, 2.24) is 10.6 Å². The van der Waals surface area contributed by atoms with Crippen molar-refractivity contribution in [3.63, 3.8) is 0 Å². The number of esters is 1. The van der Waals surface area contributed by atoms with Crippen LogP contribution in [0.5, 0.6) is 0 Å². The summed E-state index contributed by atoms with van der Waals surface area (Å²) >= 11 is 1.36. The molecule has 148 valence electrons. The molecule has 1 aromatic heterocycles. The molecule has 0 aliphatic rings. The zero-order valence-electron chi connectivity index (χ0n) is 15.7. The maximum Gasteiger partial charge on any atom is 0.321 e. The molecular formula is C20H22N2O5S. The molecule has 0 aliphatic carbocycles. The van der Waals surface area contributed by atoms with Crippen LogP contribution in [0.1, 0.15) is 46.0 Å². The van der Waals surface area contributed by atoms with Crippen LogP contribution in [0.2, 0.25) is 0 Å². The summed E-state index contributed by atoms with van der Waals surface area (Å²) in [5, 5.41) is 4.59. The van der Waals surface area contributed by atoms with Crippen LogP contribution in [0.3, 0.4) is 0 Å². The monoisotopic (exact) mass is 402 g/mol. The normalized spacial score (nSPS) is 11.4. The van der Waals surface area contributed by atoms with Gasteiger partial charge in [-0.15, -0.1) is 11.3 Å². The number of carbonyl (C=O) groups excluding carboxylic acids is 4. The first-order valence-electron chi connectivity index (χ1n) is 8.83. The average Bonchev–Trinajstić information content (AvgIpc) is 3.11. The van der Waals surface area contributed by atoms with Gasteiger partial charge < -0.3 is 10.1 Å².